The Balaban J connectivity index is 5.20. The van der Waals surface area contributed by atoms with E-state index in [1.165, 1.54) is 14.0 Å². The first-order valence-corrected chi connectivity index (χ1v) is 7.49. The predicted molar refractivity (Wildman–Crippen MR) is 51.4 cm³/mol. The van der Waals surface area contributed by atoms with E-state index in [9.17, 15) is 9.59 Å². The van der Waals surface area contributed by atoms with Gasteiger partial charge >= 0.3 is 11.9 Å². The van der Waals surface area contributed by atoms with Crippen LogP contribution in [0, 0.1) is 0 Å². The molecule has 0 saturated carbocycles. The summed E-state index contributed by atoms with van der Waals surface area (Å²) in [4.78, 5) is 22.4. The van der Waals surface area contributed by atoms with Crippen molar-refractivity contribution in [3.8, 4) is 0 Å². The van der Waals surface area contributed by atoms with Crippen LogP contribution in [0.25, 0.3) is 0 Å². The summed E-state index contributed by atoms with van der Waals surface area (Å²) in [5.41, 5.74) is 0. The Morgan fingerprint density at radius 2 is 1.69 bits per heavy atom. The molecule has 0 aromatic heterocycles. The minimum absolute atomic E-state index is 0.654. The molecular formula is C8H16O4Si. The zero-order valence-electron chi connectivity index (χ0n) is 8.67. The number of ether oxygens (including phenoxy) is 1. The predicted octanol–water partition coefficient (Wildman–Crippen LogP) is 1.34. The van der Waals surface area contributed by atoms with Gasteiger partial charge in [-0.1, -0.05) is 19.6 Å². The largest absolute Gasteiger partial charge is 0.481 e. The maximum atomic E-state index is 11.4. The molecule has 0 radical (unpaired) electrons. The van der Waals surface area contributed by atoms with E-state index < -0.39 is 25.1 Å². The number of carboxylic acids is 1. The summed E-state index contributed by atoms with van der Waals surface area (Å²) >= 11 is 0. The highest BCUT2D eigenvalue weighted by Gasteiger charge is 2.53. The minimum atomic E-state index is -2.13. The van der Waals surface area contributed by atoms with Gasteiger partial charge in [0.05, 0.1) is 15.2 Å². The highest BCUT2D eigenvalue weighted by molar-refractivity contribution is 6.85. The second-order valence-corrected chi connectivity index (χ2v) is 9.67. The number of carbonyl (C=O) groups excluding carboxylic acids is 1. The van der Waals surface area contributed by atoms with Crippen molar-refractivity contribution in [1.29, 1.82) is 0 Å². The Hall–Kier alpha value is -0.843. The second-order valence-electron chi connectivity index (χ2n) is 4.17. The van der Waals surface area contributed by atoms with Crippen LogP contribution in [0.15, 0.2) is 0 Å². The molecule has 5 heteroatoms. The summed E-state index contributed by atoms with van der Waals surface area (Å²) in [7, 11) is -0.920. The van der Waals surface area contributed by atoms with E-state index in [0.29, 0.717) is 0 Å². The average molecular weight is 204 g/mol. The Bertz CT molecular complexity index is 231. The van der Waals surface area contributed by atoms with Crippen molar-refractivity contribution in [3.05, 3.63) is 0 Å². The van der Waals surface area contributed by atoms with Gasteiger partial charge in [-0.05, 0) is 6.92 Å². The number of methoxy groups -OCH3 is 1. The summed E-state index contributed by atoms with van der Waals surface area (Å²) < 4.78 is 4.52. The molecule has 1 unspecified atom stereocenters. The lowest BCUT2D eigenvalue weighted by atomic mass is 10.2. The van der Waals surface area contributed by atoms with E-state index in [1.54, 1.807) is 0 Å². The molecule has 0 fully saturated rings. The fourth-order valence-corrected chi connectivity index (χ4v) is 2.27. The van der Waals surface area contributed by atoms with Crippen molar-refractivity contribution in [3.63, 3.8) is 0 Å². The monoisotopic (exact) mass is 204 g/mol. The third-order valence-corrected chi connectivity index (χ3v) is 5.94. The number of carbonyl (C=O) groups is 2. The highest BCUT2D eigenvalue weighted by Crippen LogP contribution is 2.38. The van der Waals surface area contributed by atoms with E-state index in [-0.39, 0.29) is 0 Å². The van der Waals surface area contributed by atoms with Gasteiger partial charge in [0, 0.05) is 0 Å². The molecule has 0 bridgehead atoms. The molecule has 76 valence electrons. The lowest BCUT2D eigenvalue weighted by molar-refractivity contribution is -0.154. The van der Waals surface area contributed by atoms with Gasteiger partial charge in [-0.2, -0.15) is 0 Å². The summed E-state index contributed by atoms with van der Waals surface area (Å²) in [6.07, 6.45) is 0. The summed E-state index contributed by atoms with van der Waals surface area (Å²) in [5.74, 6) is -1.75. The van der Waals surface area contributed by atoms with Crippen molar-refractivity contribution < 1.29 is 19.4 Å². The van der Waals surface area contributed by atoms with Crippen molar-refractivity contribution in [1.82, 2.24) is 0 Å². The molecule has 1 N–H and O–H groups in total. The summed E-state index contributed by atoms with van der Waals surface area (Å²) in [6, 6.07) is 0. The molecule has 0 aliphatic heterocycles. The van der Waals surface area contributed by atoms with Gasteiger partial charge in [-0.15, -0.1) is 0 Å². The maximum absolute atomic E-state index is 11.4. The van der Waals surface area contributed by atoms with Crippen molar-refractivity contribution in [2.45, 2.75) is 31.6 Å². The van der Waals surface area contributed by atoms with Crippen LogP contribution in [0.5, 0.6) is 0 Å². The normalized spacial score (nSPS) is 16.1. The van der Waals surface area contributed by atoms with Crippen LogP contribution in [0.1, 0.15) is 6.92 Å². The number of carboxylic acid groups (broad SMARTS) is 1. The van der Waals surface area contributed by atoms with Crippen LogP contribution in [-0.4, -0.2) is 32.2 Å². The molecule has 0 saturated heterocycles. The van der Waals surface area contributed by atoms with Crippen molar-refractivity contribution in [2.75, 3.05) is 7.11 Å². The summed E-state index contributed by atoms with van der Waals surface area (Å²) in [6.45, 7) is 6.93. The van der Waals surface area contributed by atoms with Gasteiger partial charge in [0.25, 0.3) is 0 Å². The van der Waals surface area contributed by atoms with Gasteiger partial charge in [0.15, 0.2) is 5.04 Å². The first-order valence-electron chi connectivity index (χ1n) is 3.99. The van der Waals surface area contributed by atoms with Crippen LogP contribution in [0.4, 0.5) is 0 Å². The van der Waals surface area contributed by atoms with E-state index in [0.717, 1.165) is 0 Å². The molecule has 4 nitrogen and oxygen atoms in total. The Kier molecular flexibility index (Phi) is 3.26. The maximum Gasteiger partial charge on any atom is 0.319 e. The van der Waals surface area contributed by atoms with E-state index >= 15 is 0 Å². The number of hydrogen-bond donors (Lipinski definition) is 1. The molecular weight excluding hydrogens is 188 g/mol. The average Bonchev–Trinajstić information content (AvgIpc) is 1.98. The van der Waals surface area contributed by atoms with Crippen LogP contribution in [0.3, 0.4) is 0 Å². The molecule has 0 amide bonds. The lowest BCUT2D eigenvalue weighted by Gasteiger charge is -2.33. The molecule has 0 aromatic carbocycles. The third-order valence-electron chi connectivity index (χ3n) is 2.52. The van der Waals surface area contributed by atoms with Crippen LogP contribution >= 0.6 is 0 Å². The number of hydrogen-bond acceptors (Lipinski definition) is 3. The van der Waals surface area contributed by atoms with Gasteiger partial charge in [0.1, 0.15) is 0 Å². The third kappa shape index (κ3) is 1.91. The first-order chi connectivity index (χ1) is 5.67. The zero-order valence-corrected chi connectivity index (χ0v) is 9.67. The number of aliphatic carboxylic acids is 1. The SMILES string of the molecule is COC(=O)C(C)(C(=O)O)[Si](C)(C)C. The number of esters is 1. The first kappa shape index (κ1) is 12.2. The lowest BCUT2D eigenvalue weighted by Crippen LogP contribution is -2.49. The van der Waals surface area contributed by atoms with E-state index in [1.807, 2.05) is 19.6 Å². The van der Waals surface area contributed by atoms with E-state index in [4.69, 9.17) is 5.11 Å². The smallest absolute Gasteiger partial charge is 0.319 e. The number of rotatable bonds is 3. The van der Waals surface area contributed by atoms with Crippen molar-refractivity contribution >= 4 is 20.0 Å². The Morgan fingerprint density at radius 1 is 1.31 bits per heavy atom. The van der Waals surface area contributed by atoms with Gasteiger partial charge in [0.2, 0.25) is 0 Å². The molecule has 0 aromatic rings. The minimum Gasteiger partial charge on any atom is -0.481 e. The molecule has 0 spiro atoms. The van der Waals surface area contributed by atoms with Gasteiger partial charge < -0.3 is 9.84 Å². The van der Waals surface area contributed by atoms with Crippen LogP contribution in [-0.2, 0) is 14.3 Å². The topological polar surface area (TPSA) is 63.6 Å². The quantitative estimate of drug-likeness (QED) is 0.428. The highest BCUT2D eigenvalue weighted by atomic mass is 28.3. The molecule has 0 heterocycles. The fraction of sp³-hybridized carbons (Fsp3) is 0.750. The Labute approximate surface area is 78.9 Å². The second kappa shape index (κ2) is 3.49. The Morgan fingerprint density at radius 3 is 1.77 bits per heavy atom. The van der Waals surface area contributed by atoms with Gasteiger partial charge in [-0.3, -0.25) is 9.59 Å². The molecule has 1 atom stereocenters. The van der Waals surface area contributed by atoms with E-state index in [2.05, 4.69) is 4.74 Å². The molecule has 0 aliphatic carbocycles. The molecule has 13 heavy (non-hydrogen) atoms. The standard InChI is InChI=1S/C8H16O4Si/c1-8(6(9)10,7(11)12-2)13(3,4)5/h1-5H3,(H,9,10). The van der Waals surface area contributed by atoms with Crippen LogP contribution < -0.4 is 0 Å². The molecule has 0 aliphatic rings. The van der Waals surface area contributed by atoms with Crippen LogP contribution in [0.2, 0.25) is 24.7 Å². The van der Waals surface area contributed by atoms with Crippen molar-refractivity contribution in [2.24, 2.45) is 0 Å². The summed E-state index contributed by atoms with van der Waals surface area (Å²) in [5, 5.41) is 7.64. The zero-order chi connectivity index (χ0) is 10.9. The fourth-order valence-electron chi connectivity index (χ4n) is 0.918. The van der Waals surface area contributed by atoms with Gasteiger partial charge in [-0.25, -0.2) is 0 Å². The molecule has 0 rings (SSSR count).